The van der Waals surface area contributed by atoms with E-state index in [4.69, 9.17) is 9.47 Å². The highest BCUT2D eigenvalue weighted by atomic mass is 16.5. The van der Waals surface area contributed by atoms with E-state index in [0.29, 0.717) is 30.3 Å². The second kappa shape index (κ2) is 11.6. The van der Waals surface area contributed by atoms with Gasteiger partial charge in [-0.1, -0.05) is 36.8 Å². The maximum atomic E-state index is 11.8. The maximum Gasteiger partial charge on any atom is 0.329 e. The molecule has 2 rings (SSSR count). The number of nitrogens with one attached hydrogen (secondary N) is 2. The van der Waals surface area contributed by atoms with Crippen LogP contribution in [0.25, 0.3) is 0 Å². The topological polar surface area (TPSA) is 89.0 Å². The molecule has 0 bridgehead atoms. The largest absolute Gasteiger partial charge is 0.490 e. The monoisotopic (exact) mass is 411 g/mol. The molecule has 160 valence electrons. The lowest BCUT2D eigenvalue weighted by atomic mass is 10.2. The van der Waals surface area contributed by atoms with Gasteiger partial charge in [0.25, 0.3) is 0 Å². The van der Waals surface area contributed by atoms with Gasteiger partial charge in [0, 0.05) is 6.04 Å². The van der Waals surface area contributed by atoms with Crippen molar-refractivity contribution in [2.75, 3.05) is 6.61 Å². The third-order valence-corrected chi connectivity index (χ3v) is 4.36. The SMILES string of the molecule is CCOc1cc(/C=N\NC(=O)C(=O)N[C@H](C)CC)ccc1OCc1ccc(C)cc1. The van der Waals surface area contributed by atoms with E-state index in [2.05, 4.69) is 15.8 Å². The Kier molecular flexibility index (Phi) is 8.87. The fourth-order valence-electron chi connectivity index (χ4n) is 2.45. The van der Waals surface area contributed by atoms with Crippen LogP contribution in [0.15, 0.2) is 47.6 Å². The van der Waals surface area contributed by atoms with Gasteiger partial charge in [0.2, 0.25) is 0 Å². The minimum absolute atomic E-state index is 0.0755. The van der Waals surface area contributed by atoms with E-state index in [1.54, 1.807) is 18.2 Å². The molecular weight excluding hydrogens is 382 g/mol. The van der Waals surface area contributed by atoms with Crippen LogP contribution in [0.1, 0.15) is 43.9 Å². The average molecular weight is 412 g/mol. The predicted molar refractivity (Wildman–Crippen MR) is 117 cm³/mol. The fraction of sp³-hybridized carbons (Fsp3) is 0.348. The van der Waals surface area contributed by atoms with Crippen molar-refractivity contribution in [3.05, 3.63) is 59.2 Å². The highest BCUT2D eigenvalue weighted by Gasteiger charge is 2.14. The van der Waals surface area contributed by atoms with E-state index >= 15 is 0 Å². The van der Waals surface area contributed by atoms with Gasteiger partial charge in [-0.25, -0.2) is 5.43 Å². The maximum absolute atomic E-state index is 11.8. The van der Waals surface area contributed by atoms with Crippen LogP contribution >= 0.6 is 0 Å². The Morgan fingerprint density at radius 1 is 1.03 bits per heavy atom. The van der Waals surface area contributed by atoms with Crippen LogP contribution in [0.5, 0.6) is 11.5 Å². The van der Waals surface area contributed by atoms with Crippen LogP contribution in [0.4, 0.5) is 0 Å². The number of amides is 2. The zero-order valence-corrected chi connectivity index (χ0v) is 17.9. The van der Waals surface area contributed by atoms with E-state index in [9.17, 15) is 9.59 Å². The van der Waals surface area contributed by atoms with Crippen LogP contribution in [0, 0.1) is 6.92 Å². The molecule has 0 aliphatic rings. The molecule has 0 aliphatic heterocycles. The number of carbonyl (C=O) groups excluding carboxylic acids is 2. The molecule has 7 heteroatoms. The van der Waals surface area contributed by atoms with Gasteiger partial charge in [-0.15, -0.1) is 0 Å². The number of rotatable bonds is 9. The zero-order valence-electron chi connectivity index (χ0n) is 17.9. The number of hydrogen-bond acceptors (Lipinski definition) is 5. The highest BCUT2D eigenvalue weighted by Crippen LogP contribution is 2.29. The number of carbonyl (C=O) groups is 2. The molecule has 30 heavy (non-hydrogen) atoms. The van der Waals surface area contributed by atoms with Crippen LogP contribution in [-0.4, -0.2) is 30.7 Å². The van der Waals surface area contributed by atoms with Crippen molar-refractivity contribution in [1.29, 1.82) is 0 Å². The first-order chi connectivity index (χ1) is 14.4. The Bertz CT molecular complexity index is 879. The molecule has 0 heterocycles. The Hall–Kier alpha value is -3.35. The van der Waals surface area contributed by atoms with Crippen LogP contribution in [0.2, 0.25) is 0 Å². The molecule has 0 aliphatic carbocycles. The standard InChI is InChI=1S/C23H29N3O4/c1-5-17(4)25-22(27)23(28)26-24-14-19-11-12-20(21(13-19)29-6-2)30-15-18-9-7-16(3)8-10-18/h7-14,17H,5-6,15H2,1-4H3,(H,25,27)(H,26,28)/b24-14-/t17-/m1/s1. The van der Waals surface area contributed by atoms with Gasteiger partial charge in [-0.05, 0) is 56.5 Å². The van der Waals surface area contributed by atoms with E-state index in [0.717, 1.165) is 12.0 Å². The number of nitrogens with zero attached hydrogens (tertiary/aromatic N) is 1. The Morgan fingerprint density at radius 3 is 2.43 bits per heavy atom. The van der Waals surface area contributed by atoms with Crippen molar-refractivity contribution >= 4 is 18.0 Å². The van der Waals surface area contributed by atoms with Gasteiger partial charge in [0.05, 0.1) is 12.8 Å². The summed E-state index contributed by atoms with van der Waals surface area (Å²) in [5.74, 6) is -0.327. The molecular formula is C23H29N3O4. The van der Waals surface area contributed by atoms with Crippen LogP contribution < -0.4 is 20.2 Å². The smallest absolute Gasteiger partial charge is 0.329 e. The first-order valence-electron chi connectivity index (χ1n) is 10.0. The normalized spacial score (nSPS) is 11.7. The van der Waals surface area contributed by atoms with Crippen molar-refractivity contribution < 1.29 is 19.1 Å². The van der Waals surface area contributed by atoms with Gasteiger partial charge >= 0.3 is 11.8 Å². The van der Waals surface area contributed by atoms with Gasteiger partial charge in [0.1, 0.15) is 6.61 Å². The molecule has 7 nitrogen and oxygen atoms in total. The van der Waals surface area contributed by atoms with Crippen LogP contribution in [-0.2, 0) is 16.2 Å². The summed E-state index contributed by atoms with van der Waals surface area (Å²) in [5, 5.41) is 6.43. The van der Waals surface area contributed by atoms with Crippen LogP contribution in [0.3, 0.4) is 0 Å². The lowest BCUT2D eigenvalue weighted by molar-refractivity contribution is -0.139. The van der Waals surface area contributed by atoms with E-state index < -0.39 is 11.8 Å². The summed E-state index contributed by atoms with van der Waals surface area (Å²) >= 11 is 0. The fourth-order valence-corrected chi connectivity index (χ4v) is 2.45. The third-order valence-electron chi connectivity index (χ3n) is 4.36. The van der Waals surface area contributed by atoms with E-state index in [1.807, 2.05) is 52.0 Å². The molecule has 0 aromatic heterocycles. The summed E-state index contributed by atoms with van der Waals surface area (Å²) in [5.41, 5.74) is 5.18. The molecule has 0 unspecified atom stereocenters. The molecule has 2 N–H and O–H groups in total. The first kappa shape index (κ1) is 22.9. The average Bonchev–Trinajstić information content (AvgIpc) is 2.74. The number of aryl methyl sites for hydroxylation is 1. The zero-order chi connectivity index (χ0) is 21.9. The van der Waals surface area contributed by atoms with Gasteiger partial charge in [-0.2, -0.15) is 5.10 Å². The van der Waals surface area contributed by atoms with Crippen molar-refractivity contribution in [2.24, 2.45) is 5.10 Å². The van der Waals surface area contributed by atoms with E-state index in [1.165, 1.54) is 11.8 Å². The lowest BCUT2D eigenvalue weighted by Gasteiger charge is -2.13. The summed E-state index contributed by atoms with van der Waals surface area (Å²) in [4.78, 5) is 23.5. The summed E-state index contributed by atoms with van der Waals surface area (Å²) in [6, 6.07) is 13.4. The second-order valence-electron chi connectivity index (χ2n) is 6.90. The minimum Gasteiger partial charge on any atom is -0.490 e. The molecule has 2 amide bonds. The molecule has 0 spiro atoms. The molecule has 0 saturated carbocycles. The molecule has 1 atom stereocenters. The number of ether oxygens (including phenoxy) is 2. The first-order valence-corrected chi connectivity index (χ1v) is 10.0. The summed E-state index contributed by atoms with van der Waals surface area (Å²) in [7, 11) is 0. The molecule has 0 fully saturated rings. The van der Waals surface area contributed by atoms with Gasteiger partial charge in [-0.3, -0.25) is 9.59 Å². The summed E-state index contributed by atoms with van der Waals surface area (Å²) in [6.45, 7) is 8.58. The highest BCUT2D eigenvalue weighted by molar-refractivity contribution is 6.35. The van der Waals surface area contributed by atoms with Crippen molar-refractivity contribution in [2.45, 2.75) is 46.8 Å². The van der Waals surface area contributed by atoms with Crippen molar-refractivity contribution in [3.8, 4) is 11.5 Å². The van der Waals surface area contributed by atoms with Gasteiger partial charge < -0.3 is 14.8 Å². The van der Waals surface area contributed by atoms with E-state index in [-0.39, 0.29) is 6.04 Å². The molecule has 0 radical (unpaired) electrons. The number of hydrogen-bond donors (Lipinski definition) is 2. The molecule has 0 saturated heterocycles. The minimum atomic E-state index is -0.811. The third kappa shape index (κ3) is 7.24. The van der Waals surface area contributed by atoms with Crippen molar-refractivity contribution in [1.82, 2.24) is 10.7 Å². The van der Waals surface area contributed by atoms with Crippen molar-refractivity contribution in [3.63, 3.8) is 0 Å². The predicted octanol–water partition coefficient (Wildman–Crippen LogP) is 3.34. The Labute approximate surface area is 177 Å². The molecule has 2 aromatic rings. The summed E-state index contributed by atoms with van der Waals surface area (Å²) < 4.78 is 11.6. The lowest BCUT2D eigenvalue weighted by Crippen LogP contribution is -2.41. The Morgan fingerprint density at radius 2 is 1.77 bits per heavy atom. The number of hydrazone groups is 1. The number of benzene rings is 2. The second-order valence-corrected chi connectivity index (χ2v) is 6.90. The summed E-state index contributed by atoms with van der Waals surface area (Å²) in [6.07, 6.45) is 2.18. The Balaban J connectivity index is 1.99. The molecule has 2 aromatic carbocycles. The van der Waals surface area contributed by atoms with Gasteiger partial charge in [0.15, 0.2) is 11.5 Å². The quantitative estimate of drug-likeness (QED) is 0.376.